The summed E-state index contributed by atoms with van der Waals surface area (Å²) in [5.74, 6) is 0. The Morgan fingerprint density at radius 1 is 1.20 bits per heavy atom. The largest absolute Gasteiger partial charge is 0.627 e. The lowest BCUT2D eigenvalue weighted by Gasteiger charge is -2.44. The molecule has 6 heteroatoms. The minimum atomic E-state index is -0.721. The summed E-state index contributed by atoms with van der Waals surface area (Å²) in [6.45, 7) is 0.506. The fraction of sp³-hybridized carbons (Fsp3) is 0.214. The lowest BCUT2D eigenvalue weighted by molar-refractivity contribution is -0.384. The lowest BCUT2D eigenvalue weighted by Crippen LogP contribution is -2.47. The zero-order valence-electron chi connectivity index (χ0n) is 10.7. The highest BCUT2D eigenvalue weighted by atomic mass is 16.6. The summed E-state index contributed by atoms with van der Waals surface area (Å²) >= 11 is 0. The number of nitrogens with zero attached hydrogens (tertiary/aromatic N) is 3. The van der Waals surface area contributed by atoms with Crippen LogP contribution in [0.4, 0.5) is 11.4 Å². The maximum absolute atomic E-state index is 13.0. The SMILES string of the molecule is O=[N+]([O-])c1ccncc1[N+]1([O-])CCc2ccccc2C1. The minimum Gasteiger partial charge on any atom is -0.627 e. The zero-order chi connectivity index (χ0) is 14.2. The topological polar surface area (TPSA) is 79.1 Å². The van der Waals surface area contributed by atoms with Crippen LogP contribution in [0.1, 0.15) is 11.1 Å². The van der Waals surface area contributed by atoms with E-state index in [2.05, 4.69) is 4.98 Å². The molecule has 0 spiro atoms. The fourth-order valence-electron chi connectivity index (χ4n) is 2.66. The maximum atomic E-state index is 13.0. The van der Waals surface area contributed by atoms with Gasteiger partial charge in [0.2, 0.25) is 5.69 Å². The second-order valence-corrected chi connectivity index (χ2v) is 4.91. The normalized spacial score (nSPS) is 21.2. The van der Waals surface area contributed by atoms with E-state index in [-0.39, 0.29) is 17.9 Å². The molecular formula is C14H13N3O3. The number of pyridine rings is 1. The summed E-state index contributed by atoms with van der Waals surface area (Å²) in [6, 6.07) is 9.01. The van der Waals surface area contributed by atoms with E-state index < -0.39 is 9.57 Å². The van der Waals surface area contributed by atoms with Gasteiger partial charge in [0.1, 0.15) is 6.54 Å². The van der Waals surface area contributed by atoms with Gasteiger partial charge in [0.25, 0.3) is 0 Å². The molecule has 1 aromatic heterocycles. The number of hydroxylamine groups is 2. The summed E-state index contributed by atoms with van der Waals surface area (Å²) in [6.07, 6.45) is 3.27. The van der Waals surface area contributed by atoms with Crippen LogP contribution in [-0.4, -0.2) is 16.5 Å². The first-order valence-electron chi connectivity index (χ1n) is 6.34. The summed E-state index contributed by atoms with van der Waals surface area (Å²) in [5.41, 5.74) is 2.07. The quantitative estimate of drug-likeness (QED) is 0.364. The Bertz CT molecular complexity index is 674. The molecule has 2 heterocycles. The number of benzene rings is 1. The van der Waals surface area contributed by atoms with Crippen molar-refractivity contribution in [1.82, 2.24) is 9.63 Å². The van der Waals surface area contributed by atoms with E-state index in [0.29, 0.717) is 13.0 Å². The van der Waals surface area contributed by atoms with Gasteiger partial charge in [-0.1, -0.05) is 24.3 Å². The first-order valence-corrected chi connectivity index (χ1v) is 6.34. The van der Waals surface area contributed by atoms with E-state index in [9.17, 15) is 15.3 Å². The molecule has 2 aromatic rings. The number of fused-ring (bicyclic) bond motifs is 1. The minimum absolute atomic E-state index is 0.131. The summed E-state index contributed by atoms with van der Waals surface area (Å²) < 4.78 is -0.721. The van der Waals surface area contributed by atoms with Crippen molar-refractivity contribution in [3.05, 3.63) is 69.2 Å². The molecule has 0 fully saturated rings. The Hall–Kier alpha value is -2.31. The third kappa shape index (κ3) is 2.04. The molecule has 1 atom stereocenters. The van der Waals surface area contributed by atoms with Gasteiger partial charge >= 0.3 is 5.69 Å². The standard InChI is InChI=1S/C14H13N3O3/c18-16(19)13-5-7-15-9-14(13)17(20)8-6-11-3-1-2-4-12(11)10-17/h1-5,7,9H,6,8,10H2. The van der Waals surface area contributed by atoms with Gasteiger partial charge in [-0.05, 0) is 5.56 Å². The van der Waals surface area contributed by atoms with Gasteiger partial charge in [-0.15, -0.1) is 0 Å². The molecule has 0 bridgehead atoms. The van der Waals surface area contributed by atoms with Crippen LogP contribution in [0.5, 0.6) is 0 Å². The molecule has 20 heavy (non-hydrogen) atoms. The molecule has 0 radical (unpaired) electrons. The molecule has 1 aliphatic rings. The van der Waals surface area contributed by atoms with E-state index in [1.807, 2.05) is 24.3 Å². The van der Waals surface area contributed by atoms with Gasteiger partial charge in [-0.25, -0.2) is 0 Å². The highest BCUT2D eigenvalue weighted by molar-refractivity contribution is 5.60. The number of aromatic nitrogens is 1. The average Bonchev–Trinajstić information content (AvgIpc) is 2.47. The lowest BCUT2D eigenvalue weighted by atomic mass is 9.99. The van der Waals surface area contributed by atoms with Crippen molar-refractivity contribution < 1.29 is 4.92 Å². The Balaban J connectivity index is 2.05. The zero-order valence-corrected chi connectivity index (χ0v) is 10.7. The number of rotatable bonds is 2. The molecule has 0 N–H and O–H groups in total. The second-order valence-electron chi connectivity index (χ2n) is 4.91. The summed E-state index contributed by atoms with van der Waals surface area (Å²) in [4.78, 5) is 14.4. The fourth-order valence-corrected chi connectivity index (χ4v) is 2.66. The molecule has 0 saturated heterocycles. The van der Waals surface area contributed by atoms with Crippen LogP contribution in [0.2, 0.25) is 0 Å². The number of nitro groups is 1. The van der Waals surface area contributed by atoms with Crippen molar-refractivity contribution in [2.75, 3.05) is 6.54 Å². The number of hydrogen-bond acceptors (Lipinski definition) is 4. The number of hydrogen-bond donors (Lipinski definition) is 0. The van der Waals surface area contributed by atoms with Crippen LogP contribution >= 0.6 is 0 Å². The number of quaternary nitrogens is 1. The molecular weight excluding hydrogens is 258 g/mol. The van der Waals surface area contributed by atoms with E-state index in [0.717, 1.165) is 11.1 Å². The predicted octanol–water partition coefficient (Wildman–Crippen LogP) is 2.55. The maximum Gasteiger partial charge on any atom is 0.332 e. The van der Waals surface area contributed by atoms with Gasteiger partial charge in [0.15, 0.2) is 0 Å². The van der Waals surface area contributed by atoms with Crippen LogP contribution in [0, 0.1) is 15.3 Å². The van der Waals surface area contributed by atoms with Crippen molar-refractivity contribution in [1.29, 1.82) is 0 Å². The van der Waals surface area contributed by atoms with E-state index in [4.69, 9.17) is 0 Å². The van der Waals surface area contributed by atoms with Crippen LogP contribution in [0.25, 0.3) is 0 Å². The Labute approximate surface area is 115 Å². The van der Waals surface area contributed by atoms with Crippen LogP contribution < -0.4 is 4.65 Å². The molecule has 102 valence electrons. The first kappa shape index (κ1) is 12.7. The van der Waals surface area contributed by atoms with Crippen LogP contribution in [-0.2, 0) is 13.0 Å². The van der Waals surface area contributed by atoms with Gasteiger partial charge in [-0.3, -0.25) is 15.1 Å². The van der Waals surface area contributed by atoms with Gasteiger partial charge in [-0.2, -0.15) is 0 Å². The molecule has 1 unspecified atom stereocenters. The van der Waals surface area contributed by atoms with Gasteiger partial charge in [0, 0.05) is 24.2 Å². The van der Waals surface area contributed by atoms with Crippen molar-refractivity contribution in [2.24, 2.45) is 0 Å². The van der Waals surface area contributed by atoms with Gasteiger partial charge < -0.3 is 9.85 Å². The molecule has 6 nitrogen and oxygen atoms in total. The van der Waals surface area contributed by atoms with Gasteiger partial charge in [0.05, 0.1) is 17.7 Å². The molecule has 0 saturated carbocycles. The van der Waals surface area contributed by atoms with Crippen LogP contribution in [0.15, 0.2) is 42.7 Å². The van der Waals surface area contributed by atoms with Crippen molar-refractivity contribution in [2.45, 2.75) is 13.0 Å². The highest BCUT2D eigenvalue weighted by Gasteiger charge is 2.33. The van der Waals surface area contributed by atoms with E-state index >= 15 is 0 Å². The monoisotopic (exact) mass is 271 g/mol. The highest BCUT2D eigenvalue weighted by Crippen LogP contribution is 2.36. The Kier molecular flexibility index (Phi) is 2.96. The Morgan fingerprint density at radius 3 is 2.70 bits per heavy atom. The average molecular weight is 271 g/mol. The molecule has 3 rings (SSSR count). The van der Waals surface area contributed by atoms with E-state index in [1.54, 1.807) is 0 Å². The summed E-state index contributed by atoms with van der Waals surface area (Å²) in [5, 5.41) is 24.1. The molecule has 0 amide bonds. The first-order chi connectivity index (χ1) is 9.60. The smallest absolute Gasteiger partial charge is 0.332 e. The second kappa shape index (κ2) is 4.66. The molecule has 0 aliphatic carbocycles. The van der Waals surface area contributed by atoms with Crippen LogP contribution in [0.3, 0.4) is 0 Å². The molecule has 1 aliphatic heterocycles. The molecule has 1 aromatic carbocycles. The predicted molar refractivity (Wildman–Crippen MR) is 74.8 cm³/mol. The van der Waals surface area contributed by atoms with E-state index in [1.165, 1.54) is 18.5 Å². The summed E-state index contributed by atoms with van der Waals surface area (Å²) in [7, 11) is 0. The Morgan fingerprint density at radius 2 is 1.95 bits per heavy atom. The van der Waals surface area contributed by atoms with Crippen molar-refractivity contribution >= 4 is 11.4 Å². The third-order valence-corrected chi connectivity index (χ3v) is 3.70. The van der Waals surface area contributed by atoms with Crippen molar-refractivity contribution in [3.63, 3.8) is 0 Å². The van der Waals surface area contributed by atoms with Crippen molar-refractivity contribution in [3.8, 4) is 0 Å². The third-order valence-electron chi connectivity index (χ3n) is 3.70.